The van der Waals surface area contributed by atoms with E-state index in [2.05, 4.69) is 11.6 Å². The molecule has 0 aromatic heterocycles. The standard InChI is InChI=1S/C15H10N2O3/c1-10-14-9-12(17(18)19)7-8-13(14)15(20-10)16-11-5-3-2-4-6-11/h2-9H,1H2/b16-15-. The summed E-state index contributed by atoms with van der Waals surface area (Å²) < 4.78 is 5.50. The Labute approximate surface area is 115 Å². The summed E-state index contributed by atoms with van der Waals surface area (Å²) in [6, 6.07) is 13.9. The maximum Gasteiger partial charge on any atom is 0.270 e. The first-order chi connectivity index (χ1) is 9.65. The molecule has 3 rings (SSSR count). The number of para-hydroxylation sites is 1. The van der Waals surface area contributed by atoms with Gasteiger partial charge in [0.15, 0.2) is 0 Å². The SMILES string of the molecule is C=C1O/C(=N\c2ccccc2)c2ccc([N+](=O)[O-])cc21. The van der Waals surface area contributed by atoms with Gasteiger partial charge in [-0.15, -0.1) is 0 Å². The van der Waals surface area contributed by atoms with Gasteiger partial charge >= 0.3 is 0 Å². The Hall–Kier alpha value is -2.95. The van der Waals surface area contributed by atoms with Crippen molar-refractivity contribution in [3.8, 4) is 0 Å². The molecule has 0 saturated heterocycles. The van der Waals surface area contributed by atoms with Gasteiger partial charge < -0.3 is 4.74 Å². The summed E-state index contributed by atoms with van der Waals surface area (Å²) in [6.07, 6.45) is 0. The summed E-state index contributed by atoms with van der Waals surface area (Å²) >= 11 is 0. The largest absolute Gasteiger partial charge is 0.438 e. The Kier molecular flexibility index (Phi) is 2.80. The number of nitro groups is 1. The number of nitro benzene ring substituents is 1. The molecule has 0 N–H and O–H groups in total. The van der Waals surface area contributed by atoms with Crippen molar-refractivity contribution in [2.45, 2.75) is 0 Å². The molecule has 2 aromatic rings. The Bertz CT molecular complexity index is 736. The topological polar surface area (TPSA) is 64.7 Å². The molecule has 0 spiro atoms. The van der Waals surface area contributed by atoms with E-state index >= 15 is 0 Å². The minimum absolute atomic E-state index is 0.00876. The van der Waals surface area contributed by atoms with E-state index in [1.807, 2.05) is 30.3 Å². The van der Waals surface area contributed by atoms with E-state index in [1.165, 1.54) is 12.1 Å². The zero-order valence-corrected chi connectivity index (χ0v) is 10.4. The monoisotopic (exact) mass is 266 g/mol. The van der Waals surface area contributed by atoms with Crippen LogP contribution in [0.2, 0.25) is 0 Å². The van der Waals surface area contributed by atoms with Crippen LogP contribution in [0.3, 0.4) is 0 Å². The quantitative estimate of drug-likeness (QED) is 0.615. The molecule has 98 valence electrons. The number of hydrogen-bond donors (Lipinski definition) is 0. The maximum atomic E-state index is 10.8. The van der Waals surface area contributed by atoms with Crippen LogP contribution in [0.5, 0.6) is 0 Å². The third-order valence-corrected chi connectivity index (χ3v) is 2.95. The van der Waals surface area contributed by atoms with E-state index < -0.39 is 4.92 Å². The zero-order chi connectivity index (χ0) is 14.1. The lowest BCUT2D eigenvalue weighted by Gasteiger charge is -1.98. The normalized spacial score (nSPS) is 15.0. The second-order valence-corrected chi connectivity index (χ2v) is 4.26. The van der Waals surface area contributed by atoms with Crippen LogP contribution in [0.25, 0.3) is 5.76 Å². The van der Waals surface area contributed by atoms with E-state index in [9.17, 15) is 10.1 Å². The lowest BCUT2D eigenvalue weighted by Crippen LogP contribution is -1.96. The van der Waals surface area contributed by atoms with Gasteiger partial charge in [-0.1, -0.05) is 24.8 Å². The average molecular weight is 266 g/mol. The highest BCUT2D eigenvalue weighted by molar-refractivity contribution is 6.07. The van der Waals surface area contributed by atoms with Crippen molar-refractivity contribution in [1.82, 2.24) is 0 Å². The fourth-order valence-corrected chi connectivity index (χ4v) is 1.99. The molecule has 0 fully saturated rings. The van der Waals surface area contributed by atoms with Gasteiger partial charge in [0.2, 0.25) is 5.90 Å². The molecule has 1 aliphatic rings. The molecular formula is C15H10N2O3. The maximum absolute atomic E-state index is 10.8. The van der Waals surface area contributed by atoms with Crippen LogP contribution in [0, 0.1) is 10.1 Å². The molecule has 20 heavy (non-hydrogen) atoms. The van der Waals surface area contributed by atoms with Gasteiger partial charge in [0.25, 0.3) is 5.69 Å². The van der Waals surface area contributed by atoms with E-state index in [-0.39, 0.29) is 5.69 Å². The van der Waals surface area contributed by atoms with Crippen molar-refractivity contribution in [2.75, 3.05) is 0 Å². The van der Waals surface area contributed by atoms with Crippen molar-refractivity contribution in [3.05, 3.63) is 76.4 Å². The fraction of sp³-hybridized carbons (Fsp3) is 0. The number of aliphatic imine (C=N–C) groups is 1. The highest BCUT2D eigenvalue weighted by Crippen LogP contribution is 2.32. The van der Waals surface area contributed by atoms with Crippen LogP contribution in [-0.4, -0.2) is 10.8 Å². The first-order valence-electron chi connectivity index (χ1n) is 5.95. The first-order valence-corrected chi connectivity index (χ1v) is 5.95. The molecule has 0 aliphatic carbocycles. The van der Waals surface area contributed by atoms with Crippen LogP contribution in [0.15, 0.2) is 60.1 Å². The van der Waals surface area contributed by atoms with Gasteiger partial charge in [-0.2, -0.15) is 0 Å². The summed E-state index contributed by atoms with van der Waals surface area (Å²) in [6.45, 7) is 3.76. The molecule has 0 amide bonds. The van der Waals surface area contributed by atoms with E-state index in [0.29, 0.717) is 22.8 Å². The van der Waals surface area contributed by atoms with Crippen LogP contribution in [0.1, 0.15) is 11.1 Å². The van der Waals surface area contributed by atoms with Crippen LogP contribution in [-0.2, 0) is 4.74 Å². The molecule has 1 heterocycles. The highest BCUT2D eigenvalue weighted by Gasteiger charge is 2.25. The molecule has 0 radical (unpaired) electrons. The van der Waals surface area contributed by atoms with Crippen molar-refractivity contribution < 1.29 is 9.66 Å². The van der Waals surface area contributed by atoms with Crippen LogP contribution < -0.4 is 0 Å². The molecule has 0 unspecified atom stereocenters. The number of rotatable bonds is 2. The van der Waals surface area contributed by atoms with Gasteiger partial charge in [0.05, 0.1) is 10.6 Å². The molecule has 2 aromatic carbocycles. The van der Waals surface area contributed by atoms with Crippen LogP contribution >= 0.6 is 0 Å². The second-order valence-electron chi connectivity index (χ2n) is 4.26. The third-order valence-electron chi connectivity index (χ3n) is 2.95. The Morgan fingerprint density at radius 3 is 2.55 bits per heavy atom. The minimum Gasteiger partial charge on any atom is -0.438 e. The van der Waals surface area contributed by atoms with Gasteiger partial charge in [0.1, 0.15) is 5.76 Å². The molecule has 0 saturated carbocycles. The molecule has 5 nitrogen and oxygen atoms in total. The number of ether oxygens (including phenoxy) is 1. The van der Waals surface area contributed by atoms with Crippen molar-refractivity contribution >= 4 is 23.0 Å². The van der Waals surface area contributed by atoms with E-state index in [1.54, 1.807) is 6.07 Å². The summed E-state index contributed by atoms with van der Waals surface area (Å²) in [7, 11) is 0. The van der Waals surface area contributed by atoms with E-state index in [4.69, 9.17) is 4.74 Å². The first kappa shape index (κ1) is 12.1. The predicted molar refractivity (Wildman–Crippen MR) is 75.9 cm³/mol. The number of benzene rings is 2. The predicted octanol–water partition coefficient (Wildman–Crippen LogP) is 3.67. The number of hydrogen-bond acceptors (Lipinski definition) is 4. The van der Waals surface area contributed by atoms with Gasteiger partial charge in [-0.25, -0.2) is 4.99 Å². The third kappa shape index (κ3) is 2.05. The van der Waals surface area contributed by atoms with Crippen molar-refractivity contribution in [3.63, 3.8) is 0 Å². The van der Waals surface area contributed by atoms with Crippen molar-refractivity contribution in [1.29, 1.82) is 0 Å². The van der Waals surface area contributed by atoms with Gasteiger partial charge in [-0.05, 0) is 18.2 Å². The number of non-ortho nitro benzene ring substituents is 1. The summed E-state index contributed by atoms with van der Waals surface area (Å²) in [5.41, 5.74) is 2.08. The molecule has 1 aliphatic heterocycles. The molecular weight excluding hydrogens is 256 g/mol. The smallest absolute Gasteiger partial charge is 0.270 e. The summed E-state index contributed by atoms with van der Waals surface area (Å²) in [4.78, 5) is 14.7. The fourth-order valence-electron chi connectivity index (χ4n) is 1.99. The zero-order valence-electron chi connectivity index (χ0n) is 10.4. The van der Waals surface area contributed by atoms with Crippen LogP contribution in [0.4, 0.5) is 11.4 Å². The molecule has 0 atom stereocenters. The average Bonchev–Trinajstić information content (AvgIpc) is 2.76. The second kappa shape index (κ2) is 4.62. The highest BCUT2D eigenvalue weighted by atomic mass is 16.6. The Morgan fingerprint density at radius 1 is 1.10 bits per heavy atom. The Morgan fingerprint density at radius 2 is 1.85 bits per heavy atom. The summed E-state index contributed by atoms with van der Waals surface area (Å²) in [5.74, 6) is 0.782. The van der Waals surface area contributed by atoms with Gasteiger partial charge in [-0.3, -0.25) is 10.1 Å². The summed E-state index contributed by atoms with van der Waals surface area (Å²) in [5, 5.41) is 10.8. The molecule has 5 heteroatoms. The Balaban J connectivity index is 2.07. The van der Waals surface area contributed by atoms with E-state index in [0.717, 1.165) is 5.69 Å². The van der Waals surface area contributed by atoms with Gasteiger partial charge in [0, 0.05) is 23.3 Å². The lowest BCUT2D eigenvalue weighted by atomic mass is 10.1. The number of nitrogens with zero attached hydrogens (tertiary/aromatic N) is 2. The number of fused-ring (bicyclic) bond motifs is 1. The van der Waals surface area contributed by atoms with Crippen molar-refractivity contribution in [2.24, 2.45) is 4.99 Å². The minimum atomic E-state index is -0.445. The molecule has 0 bridgehead atoms. The lowest BCUT2D eigenvalue weighted by molar-refractivity contribution is -0.384.